The molecule has 0 heterocycles. The van der Waals surface area contributed by atoms with Crippen LogP contribution in [0.4, 0.5) is 0 Å². The van der Waals surface area contributed by atoms with Crippen LogP contribution in [0.2, 0.25) is 0 Å². The second-order valence-corrected chi connectivity index (χ2v) is 6.29. The van der Waals surface area contributed by atoms with Gasteiger partial charge in [-0.15, -0.1) is 0 Å². The third kappa shape index (κ3) is 2.48. The van der Waals surface area contributed by atoms with Gasteiger partial charge in [0.1, 0.15) is 0 Å². The summed E-state index contributed by atoms with van der Waals surface area (Å²) in [6.07, 6.45) is 2.90. The Balaban J connectivity index is 2.38. The average molecular weight is 182 g/mol. The highest BCUT2D eigenvalue weighted by Crippen LogP contribution is 2.50. The number of rotatable bonds is 3. The van der Waals surface area contributed by atoms with E-state index in [9.17, 15) is 0 Å². The first-order valence-corrected chi connectivity index (χ1v) is 5.83. The molecule has 0 radical (unpaired) electrons. The molecule has 1 rings (SSSR count). The van der Waals surface area contributed by atoms with Gasteiger partial charge in [0.05, 0.1) is 0 Å². The molecule has 1 aliphatic carbocycles. The van der Waals surface area contributed by atoms with Gasteiger partial charge in [-0.25, -0.2) is 0 Å². The van der Waals surface area contributed by atoms with Gasteiger partial charge < -0.3 is 0 Å². The lowest BCUT2D eigenvalue weighted by molar-refractivity contribution is 0.0263. The van der Waals surface area contributed by atoms with Gasteiger partial charge in [0.2, 0.25) is 0 Å². The summed E-state index contributed by atoms with van der Waals surface area (Å²) < 4.78 is 0. The Morgan fingerprint density at radius 3 is 1.77 bits per heavy atom. The van der Waals surface area contributed by atoms with E-state index in [4.69, 9.17) is 0 Å². The van der Waals surface area contributed by atoms with E-state index in [1.165, 1.54) is 12.8 Å². The van der Waals surface area contributed by atoms with E-state index in [0.29, 0.717) is 5.41 Å². The second-order valence-electron chi connectivity index (χ2n) is 6.29. The van der Waals surface area contributed by atoms with Gasteiger partial charge in [-0.1, -0.05) is 41.5 Å². The third-order valence-electron chi connectivity index (χ3n) is 4.25. The van der Waals surface area contributed by atoms with Crippen molar-refractivity contribution >= 4 is 0 Å². The van der Waals surface area contributed by atoms with Crippen LogP contribution in [0.1, 0.15) is 54.4 Å². The van der Waals surface area contributed by atoms with E-state index in [1.54, 1.807) is 0 Å². The van der Waals surface area contributed by atoms with Crippen LogP contribution in [0.15, 0.2) is 0 Å². The van der Waals surface area contributed by atoms with Gasteiger partial charge in [-0.2, -0.15) is 0 Å². The standard InChI is InChI=1S/C13H26/c1-9(2)10(3)11(4)12-7-13(5,6)8-12/h9-12H,7-8H2,1-6H3. The zero-order valence-electron chi connectivity index (χ0n) is 10.2. The van der Waals surface area contributed by atoms with Crippen molar-refractivity contribution in [3.63, 3.8) is 0 Å². The molecule has 0 heteroatoms. The third-order valence-corrected chi connectivity index (χ3v) is 4.25. The predicted octanol–water partition coefficient (Wildman–Crippen LogP) is 4.35. The summed E-state index contributed by atoms with van der Waals surface area (Å²) in [6.45, 7) is 14.4. The van der Waals surface area contributed by atoms with E-state index in [-0.39, 0.29) is 0 Å². The lowest BCUT2D eigenvalue weighted by Crippen LogP contribution is -2.38. The maximum Gasteiger partial charge on any atom is -0.0349 e. The fourth-order valence-electron chi connectivity index (χ4n) is 2.77. The fourth-order valence-corrected chi connectivity index (χ4v) is 2.77. The topological polar surface area (TPSA) is 0 Å². The first kappa shape index (κ1) is 11.1. The van der Waals surface area contributed by atoms with Crippen molar-refractivity contribution < 1.29 is 0 Å². The molecule has 0 saturated heterocycles. The van der Waals surface area contributed by atoms with Gasteiger partial charge in [0, 0.05) is 0 Å². The minimum Gasteiger partial charge on any atom is -0.0625 e. The van der Waals surface area contributed by atoms with Crippen LogP contribution in [0.3, 0.4) is 0 Å². The molecule has 0 nitrogen and oxygen atoms in total. The van der Waals surface area contributed by atoms with Crippen LogP contribution in [0, 0.1) is 29.1 Å². The maximum absolute atomic E-state index is 2.45. The molecule has 0 N–H and O–H groups in total. The summed E-state index contributed by atoms with van der Waals surface area (Å²) in [6, 6.07) is 0. The Morgan fingerprint density at radius 1 is 1.00 bits per heavy atom. The van der Waals surface area contributed by atoms with E-state index in [2.05, 4.69) is 41.5 Å². The van der Waals surface area contributed by atoms with E-state index in [1.807, 2.05) is 0 Å². The Kier molecular flexibility index (Phi) is 3.09. The van der Waals surface area contributed by atoms with Gasteiger partial charge in [0.15, 0.2) is 0 Å². The van der Waals surface area contributed by atoms with Crippen LogP contribution in [-0.2, 0) is 0 Å². The number of hydrogen-bond acceptors (Lipinski definition) is 0. The minimum atomic E-state index is 0.648. The van der Waals surface area contributed by atoms with Crippen molar-refractivity contribution in [3.8, 4) is 0 Å². The Morgan fingerprint density at radius 2 is 1.46 bits per heavy atom. The van der Waals surface area contributed by atoms with Crippen LogP contribution in [0.5, 0.6) is 0 Å². The Hall–Kier alpha value is 0. The summed E-state index contributed by atoms with van der Waals surface area (Å²) in [7, 11) is 0. The normalized spacial score (nSPS) is 27.0. The molecule has 78 valence electrons. The summed E-state index contributed by atoms with van der Waals surface area (Å²) >= 11 is 0. The molecule has 0 amide bonds. The quantitative estimate of drug-likeness (QED) is 0.608. The summed E-state index contributed by atoms with van der Waals surface area (Å²) in [5.41, 5.74) is 0.648. The van der Waals surface area contributed by atoms with Crippen LogP contribution in [0.25, 0.3) is 0 Å². The molecule has 0 aliphatic heterocycles. The zero-order valence-corrected chi connectivity index (χ0v) is 10.2. The molecule has 1 saturated carbocycles. The summed E-state index contributed by atoms with van der Waals surface area (Å²) in [5.74, 6) is 3.67. The monoisotopic (exact) mass is 182 g/mol. The van der Waals surface area contributed by atoms with Crippen LogP contribution < -0.4 is 0 Å². The highest BCUT2D eigenvalue weighted by atomic mass is 14.5. The largest absolute Gasteiger partial charge is 0.0625 e. The average Bonchev–Trinajstić information content (AvgIpc) is 1.97. The molecule has 2 atom stereocenters. The molecule has 0 aromatic carbocycles. The van der Waals surface area contributed by atoms with Crippen molar-refractivity contribution in [2.24, 2.45) is 29.1 Å². The maximum atomic E-state index is 2.45. The first-order chi connectivity index (χ1) is 5.83. The van der Waals surface area contributed by atoms with Crippen molar-refractivity contribution in [1.29, 1.82) is 0 Å². The Labute approximate surface area is 84.1 Å². The lowest BCUT2D eigenvalue weighted by Gasteiger charge is -2.48. The summed E-state index contributed by atoms with van der Waals surface area (Å²) in [5, 5.41) is 0. The molecular formula is C13H26. The second kappa shape index (κ2) is 3.63. The highest BCUT2D eigenvalue weighted by molar-refractivity contribution is 4.90. The molecule has 0 bridgehead atoms. The van der Waals surface area contributed by atoms with Crippen LogP contribution >= 0.6 is 0 Å². The molecule has 1 aliphatic rings. The summed E-state index contributed by atoms with van der Waals surface area (Å²) in [4.78, 5) is 0. The van der Waals surface area contributed by atoms with Crippen molar-refractivity contribution in [1.82, 2.24) is 0 Å². The van der Waals surface area contributed by atoms with E-state index < -0.39 is 0 Å². The van der Waals surface area contributed by atoms with Crippen molar-refractivity contribution in [2.75, 3.05) is 0 Å². The smallest absolute Gasteiger partial charge is 0.0349 e. The Bertz CT molecular complexity index is 159. The molecule has 1 fully saturated rings. The van der Waals surface area contributed by atoms with Crippen molar-refractivity contribution in [3.05, 3.63) is 0 Å². The van der Waals surface area contributed by atoms with E-state index >= 15 is 0 Å². The number of hydrogen-bond donors (Lipinski definition) is 0. The molecule has 13 heavy (non-hydrogen) atoms. The van der Waals surface area contributed by atoms with Crippen LogP contribution in [-0.4, -0.2) is 0 Å². The van der Waals surface area contributed by atoms with Gasteiger partial charge in [0.25, 0.3) is 0 Å². The first-order valence-electron chi connectivity index (χ1n) is 5.83. The molecule has 2 unspecified atom stereocenters. The minimum absolute atomic E-state index is 0.648. The van der Waals surface area contributed by atoms with Gasteiger partial charge in [-0.3, -0.25) is 0 Å². The van der Waals surface area contributed by atoms with E-state index in [0.717, 1.165) is 23.7 Å². The van der Waals surface area contributed by atoms with Crippen molar-refractivity contribution in [2.45, 2.75) is 54.4 Å². The van der Waals surface area contributed by atoms with Gasteiger partial charge >= 0.3 is 0 Å². The molecule has 0 aromatic rings. The molecule has 0 aromatic heterocycles. The molecule has 0 spiro atoms. The van der Waals surface area contributed by atoms with Gasteiger partial charge in [-0.05, 0) is 41.9 Å². The lowest BCUT2D eigenvalue weighted by atomic mass is 9.58. The molecular weight excluding hydrogens is 156 g/mol. The SMILES string of the molecule is CC(C)C(C)C(C)C1CC(C)(C)C1. The predicted molar refractivity (Wildman–Crippen MR) is 59.7 cm³/mol. The highest BCUT2D eigenvalue weighted by Gasteiger charge is 2.40. The zero-order chi connectivity index (χ0) is 10.2. The fraction of sp³-hybridized carbons (Fsp3) is 1.00.